The van der Waals surface area contributed by atoms with E-state index in [1.165, 1.54) is 16.5 Å². The standard InChI is InChI=1S/C24H24N2O/c1-25-17-23(27)24(19-11-6-3-7-12-19)26-16-15-21-20(13-8-14-22(21)26)18-9-4-2-5-10-18/h2-16,23-25,27H,17H2,1H3. The number of hydrogen-bond acceptors (Lipinski definition) is 2. The van der Waals surface area contributed by atoms with Crippen molar-refractivity contribution in [3.8, 4) is 11.1 Å². The molecule has 3 heteroatoms. The first-order valence-electron chi connectivity index (χ1n) is 9.32. The SMILES string of the molecule is CNCC(O)C(c1ccccc1)n1ccc2c(-c3ccccc3)cccc21. The second-order valence-electron chi connectivity index (χ2n) is 6.81. The van der Waals surface area contributed by atoms with Gasteiger partial charge < -0.3 is 15.0 Å². The maximum atomic E-state index is 10.9. The Labute approximate surface area is 159 Å². The average Bonchev–Trinajstić information content (AvgIpc) is 3.14. The smallest absolute Gasteiger partial charge is 0.0912 e. The topological polar surface area (TPSA) is 37.2 Å². The number of likely N-dealkylation sites (N-methyl/N-ethyl adjacent to an activating group) is 1. The van der Waals surface area contributed by atoms with Crippen LogP contribution in [0.5, 0.6) is 0 Å². The van der Waals surface area contributed by atoms with E-state index in [1.54, 1.807) is 0 Å². The Kier molecular flexibility index (Phi) is 5.05. The minimum Gasteiger partial charge on any atom is -0.389 e. The van der Waals surface area contributed by atoms with E-state index in [4.69, 9.17) is 0 Å². The van der Waals surface area contributed by atoms with E-state index >= 15 is 0 Å². The van der Waals surface area contributed by atoms with Crippen LogP contribution in [0.1, 0.15) is 11.6 Å². The summed E-state index contributed by atoms with van der Waals surface area (Å²) in [5.74, 6) is 0. The van der Waals surface area contributed by atoms with Gasteiger partial charge in [0.15, 0.2) is 0 Å². The highest BCUT2D eigenvalue weighted by Gasteiger charge is 2.24. The van der Waals surface area contributed by atoms with Crippen LogP contribution in [0, 0.1) is 0 Å². The van der Waals surface area contributed by atoms with Crippen molar-refractivity contribution in [2.24, 2.45) is 0 Å². The van der Waals surface area contributed by atoms with Crippen LogP contribution in [0.15, 0.2) is 91.1 Å². The Bertz CT molecular complexity index is 1010. The monoisotopic (exact) mass is 356 g/mol. The zero-order chi connectivity index (χ0) is 18.6. The number of fused-ring (bicyclic) bond motifs is 1. The van der Waals surface area contributed by atoms with Gasteiger partial charge >= 0.3 is 0 Å². The molecule has 1 aromatic heterocycles. The number of benzene rings is 3. The number of aliphatic hydroxyl groups excluding tert-OH is 1. The fourth-order valence-electron chi connectivity index (χ4n) is 3.84. The quantitative estimate of drug-likeness (QED) is 0.534. The zero-order valence-electron chi connectivity index (χ0n) is 15.4. The predicted molar refractivity (Wildman–Crippen MR) is 112 cm³/mol. The maximum absolute atomic E-state index is 10.9. The van der Waals surface area contributed by atoms with E-state index < -0.39 is 6.10 Å². The van der Waals surface area contributed by atoms with Crippen LogP contribution in [0.25, 0.3) is 22.0 Å². The molecule has 0 fully saturated rings. The largest absolute Gasteiger partial charge is 0.389 e. The first kappa shape index (κ1) is 17.5. The van der Waals surface area contributed by atoms with Gasteiger partial charge in [-0.1, -0.05) is 72.8 Å². The lowest BCUT2D eigenvalue weighted by atomic mass is 9.99. The molecule has 4 aromatic rings. The van der Waals surface area contributed by atoms with Gasteiger partial charge in [0.2, 0.25) is 0 Å². The average molecular weight is 356 g/mol. The van der Waals surface area contributed by atoms with E-state index in [9.17, 15) is 5.11 Å². The summed E-state index contributed by atoms with van der Waals surface area (Å²) >= 11 is 0. The van der Waals surface area contributed by atoms with E-state index in [0.29, 0.717) is 6.54 Å². The Hall–Kier alpha value is -2.88. The van der Waals surface area contributed by atoms with Crippen molar-refractivity contribution in [2.75, 3.05) is 13.6 Å². The summed E-state index contributed by atoms with van der Waals surface area (Å²) in [5.41, 5.74) is 4.64. The Balaban J connectivity index is 1.87. The molecule has 0 aliphatic heterocycles. The third-order valence-electron chi connectivity index (χ3n) is 5.07. The second-order valence-corrected chi connectivity index (χ2v) is 6.81. The van der Waals surface area contributed by atoms with Crippen molar-refractivity contribution in [3.63, 3.8) is 0 Å². The van der Waals surface area contributed by atoms with Crippen LogP contribution in [0.3, 0.4) is 0 Å². The molecular weight excluding hydrogens is 332 g/mol. The number of nitrogens with one attached hydrogen (secondary N) is 1. The van der Waals surface area contributed by atoms with Crippen molar-refractivity contribution in [2.45, 2.75) is 12.1 Å². The third kappa shape index (κ3) is 3.39. The molecule has 3 aromatic carbocycles. The lowest BCUT2D eigenvalue weighted by molar-refractivity contribution is 0.132. The molecule has 0 bridgehead atoms. The van der Waals surface area contributed by atoms with Crippen LogP contribution >= 0.6 is 0 Å². The molecule has 136 valence electrons. The number of hydrogen-bond donors (Lipinski definition) is 2. The molecule has 27 heavy (non-hydrogen) atoms. The molecule has 0 aliphatic carbocycles. The first-order valence-corrected chi connectivity index (χ1v) is 9.32. The van der Waals surface area contributed by atoms with E-state index in [1.807, 2.05) is 31.3 Å². The van der Waals surface area contributed by atoms with Gasteiger partial charge in [0.1, 0.15) is 0 Å². The summed E-state index contributed by atoms with van der Waals surface area (Å²) in [6.07, 6.45) is 1.56. The van der Waals surface area contributed by atoms with Crippen molar-refractivity contribution in [1.82, 2.24) is 9.88 Å². The normalized spacial score (nSPS) is 13.6. The number of nitrogens with zero attached hydrogens (tertiary/aromatic N) is 1. The highest BCUT2D eigenvalue weighted by Crippen LogP contribution is 2.33. The van der Waals surface area contributed by atoms with Gasteiger partial charge in [-0.25, -0.2) is 0 Å². The Morgan fingerprint density at radius 3 is 2.26 bits per heavy atom. The summed E-state index contributed by atoms with van der Waals surface area (Å²) in [5, 5.41) is 15.2. The highest BCUT2D eigenvalue weighted by molar-refractivity contribution is 5.95. The molecule has 0 radical (unpaired) electrons. The van der Waals surface area contributed by atoms with Crippen molar-refractivity contribution in [1.29, 1.82) is 0 Å². The molecule has 0 amide bonds. The second kappa shape index (κ2) is 7.78. The summed E-state index contributed by atoms with van der Waals surface area (Å²) in [4.78, 5) is 0. The van der Waals surface area contributed by atoms with Gasteiger partial charge in [-0.3, -0.25) is 0 Å². The van der Waals surface area contributed by atoms with Crippen LogP contribution in [-0.4, -0.2) is 29.4 Å². The van der Waals surface area contributed by atoms with Gasteiger partial charge in [0, 0.05) is 23.6 Å². The summed E-state index contributed by atoms with van der Waals surface area (Å²) in [6.45, 7) is 0.525. The van der Waals surface area contributed by atoms with E-state index in [-0.39, 0.29) is 6.04 Å². The Morgan fingerprint density at radius 1 is 0.852 bits per heavy atom. The molecule has 3 nitrogen and oxygen atoms in total. The number of aromatic nitrogens is 1. The van der Waals surface area contributed by atoms with Gasteiger partial charge in [-0.15, -0.1) is 0 Å². The van der Waals surface area contributed by atoms with Crippen LogP contribution in [0.4, 0.5) is 0 Å². The molecule has 0 aliphatic rings. The molecule has 0 saturated carbocycles. The molecule has 2 unspecified atom stereocenters. The van der Waals surface area contributed by atoms with Crippen molar-refractivity contribution in [3.05, 3.63) is 96.7 Å². The molecule has 0 saturated heterocycles. The fourth-order valence-corrected chi connectivity index (χ4v) is 3.84. The highest BCUT2D eigenvalue weighted by atomic mass is 16.3. The minimum atomic E-state index is -0.534. The van der Waals surface area contributed by atoms with Crippen LogP contribution in [-0.2, 0) is 0 Å². The molecule has 4 rings (SSSR count). The predicted octanol–water partition coefficient (Wildman–Crippen LogP) is 4.48. The lowest BCUT2D eigenvalue weighted by Gasteiger charge is -2.26. The summed E-state index contributed by atoms with van der Waals surface area (Å²) < 4.78 is 2.19. The zero-order valence-corrected chi connectivity index (χ0v) is 15.4. The minimum absolute atomic E-state index is 0.151. The van der Waals surface area contributed by atoms with E-state index in [2.05, 4.69) is 76.7 Å². The van der Waals surface area contributed by atoms with Crippen molar-refractivity contribution >= 4 is 10.9 Å². The van der Waals surface area contributed by atoms with Crippen LogP contribution in [0.2, 0.25) is 0 Å². The van der Waals surface area contributed by atoms with Gasteiger partial charge in [-0.05, 0) is 35.9 Å². The molecular formula is C24H24N2O. The molecule has 0 spiro atoms. The van der Waals surface area contributed by atoms with E-state index in [0.717, 1.165) is 11.1 Å². The summed E-state index contributed by atoms with van der Waals surface area (Å²) in [7, 11) is 1.87. The molecule has 2 atom stereocenters. The maximum Gasteiger partial charge on any atom is 0.0912 e. The number of aliphatic hydroxyl groups is 1. The van der Waals surface area contributed by atoms with Crippen molar-refractivity contribution < 1.29 is 5.11 Å². The lowest BCUT2D eigenvalue weighted by Crippen LogP contribution is -2.33. The molecule has 2 N–H and O–H groups in total. The number of rotatable bonds is 6. The summed E-state index contributed by atoms with van der Waals surface area (Å²) in [6, 6.07) is 29.0. The van der Waals surface area contributed by atoms with Gasteiger partial charge in [-0.2, -0.15) is 0 Å². The van der Waals surface area contributed by atoms with Crippen LogP contribution < -0.4 is 5.32 Å². The fraction of sp³-hybridized carbons (Fsp3) is 0.167. The van der Waals surface area contributed by atoms with Gasteiger partial charge in [0.05, 0.1) is 12.1 Å². The van der Waals surface area contributed by atoms with Gasteiger partial charge in [0.25, 0.3) is 0 Å². The Morgan fingerprint density at radius 2 is 1.56 bits per heavy atom. The third-order valence-corrected chi connectivity index (χ3v) is 5.07. The first-order chi connectivity index (χ1) is 13.3. The molecule has 1 heterocycles.